The summed E-state index contributed by atoms with van der Waals surface area (Å²) in [5.41, 5.74) is -0.505. The van der Waals surface area contributed by atoms with Crippen LogP contribution in [0.15, 0.2) is 11.0 Å². The predicted molar refractivity (Wildman–Crippen MR) is 58.0 cm³/mol. The van der Waals surface area contributed by atoms with Crippen molar-refractivity contribution < 1.29 is 9.53 Å². The molecule has 0 atom stereocenters. The van der Waals surface area contributed by atoms with Crippen LogP contribution in [0.3, 0.4) is 0 Å². The minimum Gasteiger partial charge on any atom is -0.462 e. The number of thioether (sulfide) groups is 1. The molecule has 1 aromatic rings. The number of H-pyrrole nitrogens is 1. The number of aromatic nitrogens is 2. The van der Waals surface area contributed by atoms with Gasteiger partial charge in [0.15, 0.2) is 0 Å². The number of hydrogen-bond donors (Lipinski definition) is 1. The van der Waals surface area contributed by atoms with E-state index in [4.69, 9.17) is 4.74 Å². The zero-order chi connectivity index (χ0) is 11.3. The monoisotopic (exact) mass is 228 g/mol. The number of nitrogens with one attached hydrogen (secondary N) is 1. The largest absolute Gasteiger partial charge is 0.462 e. The van der Waals surface area contributed by atoms with E-state index in [0.717, 1.165) is 0 Å². The van der Waals surface area contributed by atoms with Gasteiger partial charge in [-0.2, -0.15) is 11.8 Å². The Balaban J connectivity index is 2.93. The lowest BCUT2D eigenvalue weighted by Gasteiger charge is -2.01. The van der Waals surface area contributed by atoms with Gasteiger partial charge in [0.1, 0.15) is 11.4 Å². The minimum absolute atomic E-state index is 0.0540. The van der Waals surface area contributed by atoms with Gasteiger partial charge in [-0.1, -0.05) is 0 Å². The van der Waals surface area contributed by atoms with Crippen LogP contribution in [0.25, 0.3) is 0 Å². The fraction of sp³-hybridized carbons (Fsp3) is 0.444. The van der Waals surface area contributed by atoms with Gasteiger partial charge in [-0.25, -0.2) is 9.78 Å². The number of carbonyl (C=O) groups excluding carboxylic acids is 1. The highest BCUT2D eigenvalue weighted by Crippen LogP contribution is 2.01. The Bertz CT molecular complexity index is 403. The number of nitrogens with zero attached hydrogens (tertiary/aromatic N) is 1. The molecule has 0 aliphatic rings. The molecule has 0 fully saturated rings. The Hall–Kier alpha value is -1.30. The van der Waals surface area contributed by atoms with E-state index < -0.39 is 11.5 Å². The normalized spacial score (nSPS) is 10.0. The van der Waals surface area contributed by atoms with E-state index in [1.54, 1.807) is 6.92 Å². The van der Waals surface area contributed by atoms with Crippen LogP contribution in [0.5, 0.6) is 0 Å². The van der Waals surface area contributed by atoms with Gasteiger partial charge >= 0.3 is 5.97 Å². The number of esters is 1. The van der Waals surface area contributed by atoms with Crippen LogP contribution in [-0.4, -0.2) is 28.8 Å². The molecule has 1 aromatic heterocycles. The molecule has 0 saturated carbocycles. The number of aromatic amines is 1. The minimum atomic E-state index is -0.637. The van der Waals surface area contributed by atoms with E-state index in [2.05, 4.69) is 9.97 Å². The van der Waals surface area contributed by atoms with Crippen molar-refractivity contribution in [1.82, 2.24) is 9.97 Å². The maximum absolute atomic E-state index is 11.4. The summed E-state index contributed by atoms with van der Waals surface area (Å²) in [6.45, 7) is 1.92. The van der Waals surface area contributed by atoms with Gasteiger partial charge in [0.2, 0.25) is 0 Å². The van der Waals surface area contributed by atoms with Crippen molar-refractivity contribution in [2.75, 3.05) is 12.9 Å². The number of hydrogen-bond acceptors (Lipinski definition) is 5. The highest BCUT2D eigenvalue weighted by molar-refractivity contribution is 7.97. The van der Waals surface area contributed by atoms with Crippen molar-refractivity contribution in [3.63, 3.8) is 0 Å². The Morgan fingerprint density at radius 2 is 2.40 bits per heavy atom. The molecule has 82 valence electrons. The fourth-order valence-electron chi connectivity index (χ4n) is 0.996. The molecule has 0 saturated heterocycles. The Morgan fingerprint density at radius 3 is 2.93 bits per heavy atom. The van der Waals surface area contributed by atoms with Gasteiger partial charge in [-0.05, 0) is 13.2 Å². The molecule has 6 heteroatoms. The number of carbonyl (C=O) groups is 1. The van der Waals surface area contributed by atoms with E-state index in [1.165, 1.54) is 18.0 Å². The molecule has 1 heterocycles. The highest BCUT2D eigenvalue weighted by Gasteiger charge is 2.12. The molecule has 5 nitrogen and oxygen atoms in total. The summed E-state index contributed by atoms with van der Waals surface area (Å²) in [7, 11) is 0. The summed E-state index contributed by atoms with van der Waals surface area (Å²) in [6, 6.07) is 0. The third-order valence-corrected chi connectivity index (χ3v) is 2.19. The SMILES string of the molecule is CCOC(=O)c1cnc(CSC)[nH]c1=O. The molecule has 15 heavy (non-hydrogen) atoms. The molecule has 0 aromatic carbocycles. The van der Waals surface area contributed by atoms with Crippen molar-refractivity contribution >= 4 is 17.7 Å². The molecule has 0 radical (unpaired) electrons. The average molecular weight is 228 g/mol. The summed E-state index contributed by atoms with van der Waals surface area (Å²) < 4.78 is 4.70. The Kier molecular flexibility index (Phi) is 4.36. The Morgan fingerprint density at radius 1 is 1.67 bits per heavy atom. The Labute approximate surface area is 91.3 Å². The topological polar surface area (TPSA) is 72.0 Å². The second kappa shape index (κ2) is 5.55. The number of rotatable bonds is 4. The van der Waals surface area contributed by atoms with E-state index in [0.29, 0.717) is 11.6 Å². The van der Waals surface area contributed by atoms with E-state index in [-0.39, 0.29) is 12.2 Å². The first kappa shape index (κ1) is 11.8. The molecule has 0 aliphatic carbocycles. The highest BCUT2D eigenvalue weighted by atomic mass is 32.2. The summed E-state index contributed by atoms with van der Waals surface area (Å²) in [4.78, 5) is 29.2. The molecule has 1 N–H and O–H groups in total. The summed E-state index contributed by atoms with van der Waals surface area (Å²) >= 11 is 1.54. The van der Waals surface area contributed by atoms with E-state index in [9.17, 15) is 9.59 Å². The zero-order valence-corrected chi connectivity index (χ0v) is 9.39. The molecule has 0 unspecified atom stereocenters. The second-order valence-electron chi connectivity index (χ2n) is 2.73. The van der Waals surface area contributed by atoms with Crippen LogP contribution >= 0.6 is 11.8 Å². The molecule has 0 bridgehead atoms. The predicted octanol–water partition coefficient (Wildman–Crippen LogP) is 0.810. The van der Waals surface area contributed by atoms with Crippen LogP contribution in [0.1, 0.15) is 23.1 Å². The van der Waals surface area contributed by atoms with Crippen molar-refractivity contribution in [3.05, 3.63) is 27.9 Å². The van der Waals surface area contributed by atoms with Gasteiger partial charge < -0.3 is 9.72 Å². The van der Waals surface area contributed by atoms with Crippen molar-refractivity contribution in [1.29, 1.82) is 0 Å². The van der Waals surface area contributed by atoms with Gasteiger partial charge in [0.05, 0.1) is 12.4 Å². The standard InChI is InChI=1S/C9H12N2O3S/c1-3-14-9(13)6-4-10-7(5-15-2)11-8(6)12/h4H,3,5H2,1-2H3,(H,10,11,12). The maximum atomic E-state index is 11.4. The summed E-state index contributed by atoms with van der Waals surface area (Å²) in [5, 5.41) is 0. The number of ether oxygens (including phenoxy) is 1. The van der Waals surface area contributed by atoms with Gasteiger partial charge in [-0.15, -0.1) is 0 Å². The fourth-order valence-corrected chi connectivity index (χ4v) is 1.42. The van der Waals surface area contributed by atoms with Crippen LogP contribution in [0, 0.1) is 0 Å². The summed E-state index contributed by atoms with van der Waals surface area (Å²) in [5.74, 6) is 0.528. The quantitative estimate of drug-likeness (QED) is 0.772. The maximum Gasteiger partial charge on any atom is 0.345 e. The first-order valence-electron chi connectivity index (χ1n) is 4.43. The van der Waals surface area contributed by atoms with Crippen molar-refractivity contribution in [3.8, 4) is 0 Å². The first-order valence-corrected chi connectivity index (χ1v) is 5.82. The van der Waals surface area contributed by atoms with Crippen molar-refractivity contribution in [2.24, 2.45) is 0 Å². The lowest BCUT2D eigenvalue weighted by atomic mass is 10.3. The average Bonchev–Trinajstić information content (AvgIpc) is 2.18. The zero-order valence-electron chi connectivity index (χ0n) is 8.57. The molecule has 1 rings (SSSR count). The molecular weight excluding hydrogens is 216 g/mol. The molecular formula is C9H12N2O3S. The van der Waals surface area contributed by atoms with Gasteiger partial charge in [-0.3, -0.25) is 4.79 Å². The van der Waals surface area contributed by atoms with E-state index in [1.807, 2.05) is 6.26 Å². The first-order chi connectivity index (χ1) is 7.19. The molecule has 0 aliphatic heterocycles. The van der Waals surface area contributed by atoms with Crippen LogP contribution in [-0.2, 0) is 10.5 Å². The third-order valence-electron chi connectivity index (χ3n) is 1.63. The van der Waals surface area contributed by atoms with Gasteiger partial charge in [0.25, 0.3) is 5.56 Å². The van der Waals surface area contributed by atoms with Crippen LogP contribution in [0.2, 0.25) is 0 Å². The lowest BCUT2D eigenvalue weighted by molar-refractivity contribution is 0.0523. The van der Waals surface area contributed by atoms with Crippen LogP contribution < -0.4 is 5.56 Å². The van der Waals surface area contributed by atoms with Crippen LogP contribution in [0.4, 0.5) is 0 Å². The second-order valence-corrected chi connectivity index (χ2v) is 3.59. The van der Waals surface area contributed by atoms with Gasteiger partial charge in [0, 0.05) is 6.20 Å². The molecule has 0 spiro atoms. The van der Waals surface area contributed by atoms with Crippen molar-refractivity contribution in [2.45, 2.75) is 12.7 Å². The molecule has 0 amide bonds. The summed E-state index contributed by atoms with van der Waals surface area (Å²) in [6.07, 6.45) is 3.15. The smallest absolute Gasteiger partial charge is 0.345 e. The lowest BCUT2D eigenvalue weighted by Crippen LogP contribution is -2.21. The van der Waals surface area contributed by atoms with E-state index >= 15 is 0 Å². The third kappa shape index (κ3) is 3.09.